The van der Waals surface area contributed by atoms with Crippen molar-refractivity contribution in [3.05, 3.63) is 35.9 Å². The second-order valence-corrected chi connectivity index (χ2v) is 7.75. The molecule has 1 aromatic rings. The van der Waals surface area contributed by atoms with Gasteiger partial charge in [-0.15, -0.1) is 0 Å². The molecule has 4 aliphatic carbocycles. The van der Waals surface area contributed by atoms with Crippen molar-refractivity contribution < 1.29 is 0 Å². The third-order valence-corrected chi connectivity index (χ3v) is 6.50. The zero-order valence-electron chi connectivity index (χ0n) is 12.4. The van der Waals surface area contributed by atoms with Crippen molar-refractivity contribution in [2.24, 2.45) is 28.9 Å². The highest BCUT2D eigenvalue weighted by Crippen LogP contribution is 2.67. The van der Waals surface area contributed by atoms with Gasteiger partial charge < -0.3 is 5.73 Å². The average Bonchev–Trinajstić information content (AvgIpc) is 2.45. The van der Waals surface area contributed by atoms with E-state index in [1.165, 1.54) is 44.9 Å². The van der Waals surface area contributed by atoms with Gasteiger partial charge >= 0.3 is 0 Å². The van der Waals surface area contributed by atoms with E-state index in [1.54, 1.807) is 5.56 Å². The van der Waals surface area contributed by atoms with Gasteiger partial charge in [-0.1, -0.05) is 30.3 Å². The number of rotatable bonds is 4. The second kappa shape index (κ2) is 4.87. The summed E-state index contributed by atoms with van der Waals surface area (Å²) >= 11 is 0. The number of nitrogens with two attached hydrogens (primary N) is 1. The van der Waals surface area contributed by atoms with Crippen LogP contribution >= 0.6 is 0 Å². The van der Waals surface area contributed by atoms with Crippen LogP contribution in [0.15, 0.2) is 30.3 Å². The lowest BCUT2D eigenvalue weighted by atomic mass is 9.43. The highest BCUT2D eigenvalue weighted by Gasteiger charge is 2.56. The lowest BCUT2D eigenvalue weighted by molar-refractivity contribution is -0.0806. The van der Waals surface area contributed by atoms with Gasteiger partial charge in [-0.2, -0.15) is 0 Å². The topological polar surface area (TPSA) is 26.0 Å². The smallest absolute Gasteiger partial charge is 0.00766 e. The van der Waals surface area contributed by atoms with Crippen molar-refractivity contribution in [1.82, 2.24) is 0 Å². The molecule has 0 heterocycles. The monoisotopic (exact) mass is 269 g/mol. The van der Waals surface area contributed by atoms with E-state index in [4.69, 9.17) is 5.73 Å². The van der Waals surface area contributed by atoms with Crippen molar-refractivity contribution >= 4 is 0 Å². The summed E-state index contributed by atoms with van der Waals surface area (Å²) in [5.41, 5.74) is 8.05. The summed E-state index contributed by atoms with van der Waals surface area (Å²) in [6.45, 7) is 0.864. The second-order valence-electron chi connectivity index (χ2n) is 7.75. The fourth-order valence-electron chi connectivity index (χ4n) is 6.31. The quantitative estimate of drug-likeness (QED) is 0.864. The van der Waals surface area contributed by atoms with E-state index in [1.807, 2.05) is 0 Å². The van der Waals surface area contributed by atoms with E-state index < -0.39 is 0 Å². The van der Waals surface area contributed by atoms with Crippen molar-refractivity contribution in [3.8, 4) is 0 Å². The largest absolute Gasteiger partial charge is 0.330 e. The van der Waals surface area contributed by atoms with Gasteiger partial charge in [-0.25, -0.2) is 0 Å². The number of hydrogen-bond acceptors (Lipinski definition) is 1. The summed E-state index contributed by atoms with van der Waals surface area (Å²) in [4.78, 5) is 0. The Morgan fingerprint density at radius 2 is 1.70 bits per heavy atom. The zero-order valence-corrected chi connectivity index (χ0v) is 12.4. The Labute approximate surface area is 122 Å². The van der Waals surface area contributed by atoms with Crippen LogP contribution in [0.5, 0.6) is 0 Å². The molecule has 0 radical (unpaired) electrons. The van der Waals surface area contributed by atoms with E-state index in [9.17, 15) is 0 Å². The highest BCUT2D eigenvalue weighted by molar-refractivity contribution is 5.27. The third kappa shape index (κ3) is 1.94. The molecule has 4 aliphatic rings. The Balaban J connectivity index is 1.71. The molecule has 1 nitrogen and oxygen atoms in total. The van der Waals surface area contributed by atoms with Gasteiger partial charge in [0.1, 0.15) is 0 Å². The van der Waals surface area contributed by atoms with Crippen LogP contribution < -0.4 is 5.73 Å². The first-order chi connectivity index (χ1) is 9.81. The Morgan fingerprint density at radius 1 is 1.00 bits per heavy atom. The molecule has 0 amide bonds. The van der Waals surface area contributed by atoms with Gasteiger partial charge in [0.05, 0.1) is 0 Å². The van der Waals surface area contributed by atoms with Crippen LogP contribution in [0.1, 0.15) is 56.4 Å². The highest BCUT2D eigenvalue weighted by atomic mass is 14.6. The van der Waals surface area contributed by atoms with Gasteiger partial charge in [0, 0.05) is 0 Å². The molecule has 2 N–H and O–H groups in total. The van der Waals surface area contributed by atoms with Crippen LogP contribution in [-0.4, -0.2) is 6.54 Å². The van der Waals surface area contributed by atoms with Gasteiger partial charge in [0.2, 0.25) is 0 Å². The molecule has 5 rings (SSSR count). The maximum atomic E-state index is 5.84. The zero-order chi connectivity index (χ0) is 13.6. The standard InChI is InChI=1S/C19H27N/c20-8-4-7-19-12-14-9-15(13-19)11-17(10-14)18(19)16-5-2-1-3-6-16/h1-3,5-6,14-15,17-18H,4,7-13,20H2. The minimum atomic E-state index is 0.593. The van der Waals surface area contributed by atoms with Crippen molar-refractivity contribution in [3.63, 3.8) is 0 Å². The minimum Gasteiger partial charge on any atom is -0.330 e. The summed E-state index contributed by atoms with van der Waals surface area (Å²) < 4.78 is 0. The maximum absolute atomic E-state index is 5.84. The van der Waals surface area contributed by atoms with Crippen LogP contribution in [0.25, 0.3) is 0 Å². The fraction of sp³-hybridized carbons (Fsp3) is 0.684. The molecule has 3 unspecified atom stereocenters. The predicted molar refractivity (Wildman–Crippen MR) is 83.5 cm³/mol. The SMILES string of the molecule is NCCCC12CC3CC(CC(C3)C1c1ccccc1)C2. The van der Waals surface area contributed by atoms with Crippen LogP contribution in [0.4, 0.5) is 0 Å². The fourth-order valence-corrected chi connectivity index (χ4v) is 6.31. The average molecular weight is 269 g/mol. The molecule has 0 aromatic heterocycles. The molecule has 1 aromatic carbocycles. The molecule has 0 saturated heterocycles. The Bertz CT molecular complexity index is 452. The molecule has 4 fully saturated rings. The van der Waals surface area contributed by atoms with Crippen LogP contribution in [0, 0.1) is 23.2 Å². The van der Waals surface area contributed by atoms with Gasteiger partial charge in [-0.3, -0.25) is 0 Å². The molecule has 4 bridgehead atoms. The third-order valence-electron chi connectivity index (χ3n) is 6.50. The lowest BCUT2D eigenvalue weighted by Crippen LogP contribution is -2.51. The van der Waals surface area contributed by atoms with Crippen LogP contribution in [0.2, 0.25) is 0 Å². The first kappa shape index (κ1) is 12.9. The molecular weight excluding hydrogens is 242 g/mol. The first-order valence-electron chi connectivity index (χ1n) is 8.56. The Kier molecular flexibility index (Phi) is 3.14. The number of hydrogen-bond donors (Lipinski definition) is 1. The van der Waals surface area contributed by atoms with Crippen molar-refractivity contribution in [2.75, 3.05) is 6.54 Å². The van der Waals surface area contributed by atoms with E-state index >= 15 is 0 Å². The summed E-state index contributed by atoms with van der Waals surface area (Å²) in [6, 6.07) is 11.4. The molecule has 0 spiro atoms. The van der Waals surface area contributed by atoms with Crippen molar-refractivity contribution in [1.29, 1.82) is 0 Å². The van der Waals surface area contributed by atoms with Crippen molar-refractivity contribution in [2.45, 2.75) is 50.9 Å². The molecular formula is C19H27N. The summed E-state index contributed by atoms with van der Waals surface area (Å²) in [6.07, 6.45) is 10.1. The molecule has 1 heteroatoms. The van der Waals surface area contributed by atoms with E-state index in [-0.39, 0.29) is 0 Å². The minimum absolute atomic E-state index is 0.593. The normalized spacial score (nSPS) is 42.0. The maximum Gasteiger partial charge on any atom is -0.00766 e. The lowest BCUT2D eigenvalue weighted by Gasteiger charge is -2.62. The first-order valence-corrected chi connectivity index (χ1v) is 8.56. The van der Waals surface area contributed by atoms with E-state index in [0.717, 1.165) is 30.2 Å². The molecule has 20 heavy (non-hydrogen) atoms. The van der Waals surface area contributed by atoms with Crippen LogP contribution in [-0.2, 0) is 0 Å². The number of benzene rings is 1. The molecule has 0 aliphatic heterocycles. The van der Waals surface area contributed by atoms with Gasteiger partial charge in [0.15, 0.2) is 0 Å². The van der Waals surface area contributed by atoms with Gasteiger partial charge in [0.25, 0.3) is 0 Å². The Morgan fingerprint density at radius 3 is 2.35 bits per heavy atom. The van der Waals surface area contributed by atoms with Gasteiger partial charge in [-0.05, 0) is 86.1 Å². The summed E-state index contributed by atoms with van der Waals surface area (Å²) in [5, 5.41) is 0. The summed E-state index contributed by atoms with van der Waals surface area (Å²) in [5.74, 6) is 3.85. The molecule has 4 saturated carbocycles. The summed E-state index contributed by atoms with van der Waals surface area (Å²) in [7, 11) is 0. The van der Waals surface area contributed by atoms with E-state index in [0.29, 0.717) is 5.41 Å². The predicted octanol–water partition coefficient (Wildman–Crippen LogP) is 4.34. The Hall–Kier alpha value is -0.820. The van der Waals surface area contributed by atoms with Crippen LogP contribution in [0.3, 0.4) is 0 Å². The van der Waals surface area contributed by atoms with E-state index in [2.05, 4.69) is 30.3 Å². The molecule has 3 atom stereocenters. The molecule has 108 valence electrons.